The lowest BCUT2D eigenvalue weighted by Gasteiger charge is -2.26. The minimum absolute atomic E-state index is 0.0390. The van der Waals surface area contributed by atoms with Gasteiger partial charge < -0.3 is 14.3 Å². The molecule has 3 aromatic heterocycles. The predicted octanol–water partition coefficient (Wildman–Crippen LogP) is 15.2. The van der Waals surface area contributed by atoms with Gasteiger partial charge in [0.1, 0.15) is 11.2 Å². The lowest BCUT2D eigenvalue weighted by molar-refractivity contribution is 0.590. The van der Waals surface area contributed by atoms with Crippen molar-refractivity contribution in [2.75, 3.05) is 5.32 Å². The number of hydrogen-bond donors (Lipinski definition) is 1. The van der Waals surface area contributed by atoms with Crippen molar-refractivity contribution >= 4 is 94.7 Å². The van der Waals surface area contributed by atoms with Crippen molar-refractivity contribution in [2.45, 2.75) is 52.4 Å². The van der Waals surface area contributed by atoms with Crippen LogP contribution in [0.2, 0.25) is 0 Å². The molecule has 1 N–H and O–H groups in total. The Hall–Kier alpha value is -6.82. The van der Waals surface area contributed by atoms with Gasteiger partial charge in [0.15, 0.2) is 7.28 Å². The van der Waals surface area contributed by atoms with E-state index in [4.69, 9.17) is 4.42 Å². The Morgan fingerprint density at radius 1 is 0.540 bits per heavy atom. The lowest BCUT2D eigenvalue weighted by atomic mass is 9.59. The molecule has 0 aliphatic carbocycles. The number of benzene rings is 8. The molecule has 1 aliphatic rings. The summed E-state index contributed by atoms with van der Waals surface area (Å²) in [5.74, 6) is 0. The van der Waals surface area contributed by atoms with Crippen molar-refractivity contribution < 1.29 is 4.42 Å². The van der Waals surface area contributed by atoms with Crippen LogP contribution in [0, 0.1) is 0 Å². The molecule has 0 saturated carbocycles. The van der Waals surface area contributed by atoms with E-state index in [0.29, 0.717) is 0 Å². The molecule has 0 fully saturated rings. The smallest absolute Gasteiger partial charge is 0.197 e. The van der Waals surface area contributed by atoms with Gasteiger partial charge in [-0.05, 0) is 98.7 Å². The van der Waals surface area contributed by atoms with Crippen molar-refractivity contribution in [1.29, 1.82) is 0 Å². The second-order valence-corrected chi connectivity index (χ2v) is 20.3. The fourth-order valence-electron chi connectivity index (χ4n) is 9.83. The molecule has 1 radical (unpaired) electrons. The van der Waals surface area contributed by atoms with Crippen LogP contribution in [-0.4, -0.2) is 11.8 Å². The molecule has 0 unspecified atom stereocenters. The number of thiophene rings is 1. The first-order valence-corrected chi connectivity index (χ1v) is 22.8. The topological polar surface area (TPSA) is 30.1 Å². The number of rotatable bonds is 5. The Morgan fingerprint density at radius 2 is 1.24 bits per heavy atom. The van der Waals surface area contributed by atoms with Crippen LogP contribution in [0.15, 0.2) is 168 Å². The Balaban J connectivity index is 1.15. The van der Waals surface area contributed by atoms with Crippen LogP contribution >= 0.6 is 11.3 Å². The van der Waals surface area contributed by atoms with Gasteiger partial charge in [-0.1, -0.05) is 156 Å². The van der Waals surface area contributed by atoms with Crippen molar-refractivity contribution in [3.8, 4) is 38.4 Å². The summed E-state index contributed by atoms with van der Waals surface area (Å²) in [4.78, 5) is 1.29. The molecule has 3 nitrogen and oxygen atoms in total. The zero-order valence-electron chi connectivity index (χ0n) is 36.4. The standard InChI is InChI=1S/C58H46BN2OS/c1-57(2,3)36-21-24-38(25-22-36)60-47-28-23-37(58(4,5)6)29-42(47)40-26-27-41-43-32-51-44(39-19-13-14-20-50(39)62-51)30-48(43)61-49-31-45-52(33-46(49)59-54(40)55(41)61)63-56(35-17-11-8-12-18-35)53(45)34-15-9-7-10-16-34/h7-33,60H,1-6H3. The van der Waals surface area contributed by atoms with E-state index in [1.807, 2.05) is 11.3 Å². The highest BCUT2D eigenvalue weighted by Crippen LogP contribution is 2.47. The SMILES string of the molecule is CC(C)(C)c1ccc(Nc2ccc(C(C)(C)C)cc2-c2ccc3c4cc5oc6ccccc6c5cc4n4c3c2[B]c2cc3sc(-c5ccccc5)c(-c5ccccc5)c3cc2-4)cc1. The summed E-state index contributed by atoms with van der Waals surface area (Å²) in [6, 6.07) is 60.4. The van der Waals surface area contributed by atoms with Crippen LogP contribution in [0.3, 0.4) is 0 Å². The quantitative estimate of drug-likeness (QED) is 0.175. The summed E-state index contributed by atoms with van der Waals surface area (Å²) >= 11 is 1.89. The molecule has 0 spiro atoms. The molecule has 0 atom stereocenters. The van der Waals surface area contributed by atoms with Crippen LogP contribution in [0.4, 0.5) is 11.4 Å². The van der Waals surface area contributed by atoms with Crippen molar-refractivity contribution in [1.82, 2.24) is 4.57 Å². The van der Waals surface area contributed by atoms with Gasteiger partial charge in [-0.3, -0.25) is 0 Å². The van der Waals surface area contributed by atoms with Crippen LogP contribution in [-0.2, 0) is 10.8 Å². The first kappa shape index (κ1) is 37.9. The van der Waals surface area contributed by atoms with Crippen LogP contribution in [0.1, 0.15) is 52.7 Å². The van der Waals surface area contributed by atoms with Crippen LogP contribution in [0.5, 0.6) is 0 Å². The molecule has 4 heterocycles. The zero-order chi connectivity index (χ0) is 42.8. The third-order valence-electron chi connectivity index (χ3n) is 13.1. The van der Waals surface area contributed by atoms with E-state index in [1.54, 1.807) is 0 Å². The number of aromatic nitrogens is 1. The van der Waals surface area contributed by atoms with Gasteiger partial charge in [0, 0.05) is 70.2 Å². The van der Waals surface area contributed by atoms with Crippen LogP contribution in [0.25, 0.3) is 92.2 Å². The summed E-state index contributed by atoms with van der Waals surface area (Å²) in [5, 5.41) is 9.80. The van der Waals surface area contributed by atoms with Gasteiger partial charge in [0.2, 0.25) is 0 Å². The summed E-state index contributed by atoms with van der Waals surface area (Å²) < 4.78 is 10.4. The summed E-state index contributed by atoms with van der Waals surface area (Å²) in [7, 11) is 2.46. The number of nitrogens with one attached hydrogen (secondary N) is 1. The highest BCUT2D eigenvalue weighted by Gasteiger charge is 2.30. The van der Waals surface area contributed by atoms with E-state index in [1.165, 1.54) is 92.3 Å². The molecule has 12 rings (SSSR count). The second-order valence-electron chi connectivity index (χ2n) is 19.3. The van der Waals surface area contributed by atoms with E-state index in [0.717, 1.165) is 33.3 Å². The maximum Gasteiger partial charge on any atom is 0.197 e. The number of furan rings is 1. The van der Waals surface area contributed by atoms with Gasteiger partial charge in [0.25, 0.3) is 0 Å². The Labute approximate surface area is 372 Å². The van der Waals surface area contributed by atoms with Crippen molar-refractivity contribution in [3.63, 3.8) is 0 Å². The monoisotopic (exact) mass is 829 g/mol. The summed E-state index contributed by atoms with van der Waals surface area (Å²) in [5.41, 5.74) is 18.8. The molecular formula is C58H46BN2OS. The molecule has 1 aliphatic heterocycles. The normalized spacial score (nSPS) is 12.7. The van der Waals surface area contributed by atoms with E-state index in [9.17, 15) is 0 Å². The molecule has 11 aromatic rings. The Morgan fingerprint density at radius 3 is 1.98 bits per heavy atom. The highest BCUT2D eigenvalue weighted by molar-refractivity contribution is 7.23. The molecular weight excluding hydrogens is 784 g/mol. The van der Waals surface area contributed by atoms with Gasteiger partial charge in [-0.2, -0.15) is 0 Å². The molecule has 0 bridgehead atoms. The lowest BCUT2D eigenvalue weighted by Crippen LogP contribution is -2.37. The molecule has 303 valence electrons. The van der Waals surface area contributed by atoms with Gasteiger partial charge >= 0.3 is 0 Å². The fourth-order valence-corrected chi connectivity index (χ4v) is 11.1. The maximum absolute atomic E-state index is 6.55. The zero-order valence-corrected chi connectivity index (χ0v) is 37.2. The molecule has 0 saturated heterocycles. The molecule has 0 amide bonds. The number of nitrogens with zero attached hydrogens (tertiary/aromatic N) is 1. The van der Waals surface area contributed by atoms with E-state index >= 15 is 0 Å². The number of para-hydroxylation sites is 1. The highest BCUT2D eigenvalue weighted by atomic mass is 32.1. The van der Waals surface area contributed by atoms with Gasteiger partial charge in [-0.25, -0.2) is 0 Å². The summed E-state index contributed by atoms with van der Waals surface area (Å²) in [6.07, 6.45) is 0. The van der Waals surface area contributed by atoms with Gasteiger partial charge in [0.05, 0.1) is 5.52 Å². The number of fused-ring (bicyclic) bond motifs is 9. The van der Waals surface area contributed by atoms with E-state index in [2.05, 4.69) is 222 Å². The van der Waals surface area contributed by atoms with E-state index in [-0.39, 0.29) is 10.8 Å². The number of anilines is 2. The predicted molar refractivity (Wildman–Crippen MR) is 272 cm³/mol. The average Bonchev–Trinajstić information content (AvgIpc) is 3.95. The Kier molecular flexibility index (Phi) is 8.33. The van der Waals surface area contributed by atoms with Gasteiger partial charge in [-0.15, -0.1) is 11.3 Å². The molecule has 8 aromatic carbocycles. The fraction of sp³-hybridized carbons (Fsp3) is 0.138. The van der Waals surface area contributed by atoms with Crippen molar-refractivity contribution in [3.05, 3.63) is 175 Å². The Bertz CT molecular complexity index is 3620. The summed E-state index contributed by atoms with van der Waals surface area (Å²) in [6.45, 7) is 13.7. The molecule has 63 heavy (non-hydrogen) atoms. The third-order valence-corrected chi connectivity index (χ3v) is 14.4. The van der Waals surface area contributed by atoms with Crippen molar-refractivity contribution in [2.24, 2.45) is 0 Å². The second kappa shape index (κ2) is 13.8. The first-order chi connectivity index (χ1) is 30.5. The maximum atomic E-state index is 6.55. The minimum atomic E-state index is -0.0390. The largest absolute Gasteiger partial charge is 0.456 e. The first-order valence-electron chi connectivity index (χ1n) is 22.0. The average molecular weight is 830 g/mol. The third kappa shape index (κ3) is 6.08. The minimum Gasteiger partial charge on any atom is -0.456 e. The molecule has 5 heteroatoms. The van der Waals surface area contributed by atoms with E-state index < -0.39 is 0 Å². The van der Waals surface area contributed by atoms with Crippen LogP contribution < -0.4 is 16.2 Å². The number of hydrogen-bond acceptors (Lipinski definition) is 3.